The highest BCUT2D eigenvalue weighted by molar-refractivity contribution is 7.89. The third-order valence-electron chi connectivity index (χ3n) is 5.66. The van der Waals surface area contributed by atoms with Gasteiger partial charge in [0.2, 0.25) is 10.0 Å². The summed E-state index contributed by atoms with van der Waals surface area (Å²) < 4.78 is 32.8. The summed E-state index contributed by atoms with van der Waals surface area (Å²) in [6, 6.07) is 3.98. The highest BCUT2D eigenvalue weighted by Gasteiger charge is 2.44. The number of nitrogens with zero attached hydrogens (tertiary/aromatic N) is 3. The summed E-state index contributed by atoms with van der Waals surface area (Å²) >= 11 is 0. The number of H-pyrrole nitrogens is 1. The van der Waals surface area contributed by atoms with Crippen molar-refractivity contribution in [2.45, 2.75) is 50.4 Å². The molecule has 0 aliphatic carbocycles. The van der Waals surface area contributed by atoms with Gasteiger partial charge in [0.05, 0.1) is 0 Å². The molecule has 8 nitrogen and oxygen atoms in total. The number of hydrogen-bond acceptors (Lipinski definition) is 5. The van der Waals surface area contributed by atoms with E-state index in [0.717, 1.165) is 23.9 Å². The van der Waals surface area contributed by atoms with Crippen molar-refractivity contribution in [1.82, 2.24) is 19.2 Å². The van der Waals surface area contributed by atoms with Crippen LogP contribution >= 0.6 is 0 Å². The van der Waals surface area contributed by atoms with Crippen LogP contribution in [0.15, 0.2) is 24.5 Å². The second-order valence-electron chi connectivity index (χ2n) is 8.87. The fourth-order valence-electron chi connectivity index (χ4n) is 4.05. The first kappa shape index (κ1) is 20.2. The number of amides is 1. The molecule has 0 saturated carbocycles. The molecule has 0 radical (unpaired) electrons. The summed E-state index contributed by atoms with van der Waals surface area (Å²) in [4.78, 5) is 21.1. The number of likely N-dealkylation sites (tertiary alicyclic amines) is 1. The molecule has 1 N–H and O–H groups in total. The van der Waals surface area contributed by atoms with Crippen LogP contribution in [-0.2, 0) is 14.8 Å². The van der Waals surface area contributed by atoms with Crippen molar-refractivity contribution in [3.05, 3.63) is 30.1 Å². The summed E-state index contributed by atoms with van der Waals surface area (Å²) in [7, 11) is -3.41. The number of aromatic nitrogens is 2. The van der Waals surface area contributed by atoms with Gasteiger partial charge in [0.25, 0.3) is 0 Å². The minimum Gasteiger partial charge on any atom is -0.444 e. The van der Waals surface area contributed by atoms with E-state index in [9.17, 15) is 13.2 Å². The average molecular weight is 421 g/mol. The van der Waals surface area contributed by atoms with Gasteiger partial charge in [0, 0.05) is 44.0 Å². The van der Waals surface area contributed by atoms with E-state index in [1.165, 1.54) is 10.5 Å². The van der Waals surface area contributed by atoms with Gasteiger partial charge in [0.15, 0.2) is 0 Å². The van der Waals surface area contributed by atoms with E-state index in [-0.39, 0.29) is 13.1 Å². The average Bonchev–Trinajstić information content (AvgIpc) is 3.03. The summed E-state index contributed by atoms with van der Waals surface area (Å²) in [6.07, 6.45) is 4.87. The second kappa shape index (κ2) is 7.28. The zero-order valence-electron chi connectivity index (χ0n) is 17.1. The molecule has 2 aliphatic rings. The van der Waals surface area contributed by atoms with E-state index in [1.807, 2.05) is 12.3 Å². The third kappa shape index (κ3) is 3.98. The van der Waals surface area contributed by atoms with Gasteiger partial charge < -0.3 is 14.6 Å². The van der Waals surface area contributed by atoms with Gasteiger partial charge in [-0.05, 0) is 57.2 Å². The fourth-order valence-corrected chi connectivity index (χ4v) is 5.93. The van der Waals surface area contributed by atoms with Crippen LogP contribution in [0.5, 0.6) is 0 Å². The molecule has 4 rings (SSSR count). The molecule has 9 heteroatoms. The Morgan fingerprint density at radius 1 is 1.24 bits per heavy atom. The van der Waals surface area contributed by atoms with Crippen LogP contribution in [0.3, 0.4) is 0 Å². The van der Waals surface area contributed by atoms with Gasteiger partial charge in [0.1, 0.15) is 16.5 Å². The van der Waals surface area contributed by atoms with Crippen molar-refractivity contribution in [3.63, 3.8) is 0 Å². The van der Waals surface area contributed by atoms with Crippen LogP contribution in [0.2, 0.25) is 0 Å². The Labute approximate surface area is 171 Å². The summed E-state index contributed by atoms with van der Waals surface area (Å²) in [5, 5.41) is 0.574. The number of ether oxygens (including phenoxy) is 1. The lowest BCUT2D eigenvalue weighted by Crippen LogP contribution is -2.61. The molecule has 2 aromatic heterocycles. The Morgan fingerprint density at radius 3 is 2.59 bits per heavy atom. The fraction of sp³-hybridized carbons (Fsp3) is 0.600. The molecule has 1 amide bonds. The number of hydrogen-bond donors (Lipinski definition) is 1. The Bertz CT molecular complexity index is 997. The Balaban J connectivity index is 1.34. The maximum absolute atomic E-state index is 13.0. The number of nitrogens with one attached hydrogen (secondary N) is 1. The SMILES string of the molecule is CC(C)(C)OC(=O)N1CC(S(=O)(=O)N2CCC(c3c[nH]c4ncccc34)CC2)C1. The Morgan fingerprint density at radius 2 is 1.93 bits per heavy atom. The molecular weight excluding hydrogens is 392 g/mol. The molecule has 0 unspecified atom stereocenters. The first-order valence-corrected chi connectivity index (χ1v) is 11.5. The number of carbonyl (C=O) groups is 1. The predicted octanol–water partition coefficient (Wildman–Crippen LogP) is 2.69. The van der Waals surface area contributed by atoms with Crippen molar-refractivity contribution in [3.8, 4) is 0 Å². The highest BCUT2D eigenvalue weighted by atomic mass is 32.2. The van der Waals surface area contributed by atoms with Crippen molar-refractivity contribution < 1.29 is 17.9 Å². The number of carbonyl (C=O) groups excluding carboxylic acids is 1. The number of aromatic amines is 1. The highest BCUT2D eigenvalue weighted by Crippen LogP contribution is 2.34. The summed E-state index contributed by atoms with van der Waals surface area (Å²) in [6.45, 7) is 6.80. The number of fused-ring (bicyclic) bond motifs is 1. The first-order chi connectivity index (χ1) is 13.6. The normalized spacial score (nSPS) is 20.0. The quantitative estimate of drug-likeness (QED) is 0.824. The van der Waals surface area contributed by atoms with Crippen LogP contribution in [0, 0.1) is 0 Å². The second-order valence-corrected chi connectivity index (χ2v) is 11.1. The van der Waals surface area contributed by atoms with Gasteiger partial charge in [-0.1, -0.05) is 0 Å². The van der Waals surface area contributed by atoms with E-state index in [4.69, 9.17) is 4.74 Å². The zero-order chi connectivity index (χ0) is 20.8. The molecule has 2 saturated heterocycles. The lowest BCUT2D eigenvalue weighted by molar-refractivity contribution is 0.0135. The molecule has 158 valence electrons. The minimum atomic E-state index is -3.41. The van der Waals surface area contributed by atoms with Crippen molar-refractivity contribution in [2.75, 3.05) is 26.2 Å². The monoisotopic (exact) mass is 420 g/mol. The number of pyridine rings is 1. The van der Waals surface area contributed by atoms with Crippen molar-refractivity contribution >= 4 is 27.1 Å². The van der Waals surface area contributed by atoms with E-state index in [0.29, 0.717) is 19.0 Å². The van der Waals surface area contributed by atoms with Crippen LogP contribution < -0.4 is 0 Å². The molecule has 29 heavy (non-hydrogen) atoms. The standard InChI is InChI=1S/C20H28N4O4S/c1-20(2,3)28-19(25)23-12-15(13-23)29(26,27)24-9-6-14(7-10-24)17-11-22-18-16(17)5-4-8-21-18/h4-5,8,11,14-15H,6-7,9-10,12-13H2,1-3H3,(H,21,22). The predicted molar refractivity (Wildman–Crippen MR) is 110 cm³/mol. The third-order valence-corrected chi connectivity index (χ3v) is 7.88. The van der Waals surface area contributed by atoms with Gasteiger partial charge in [-0.25, -0.2) is 22.5 Å². The topological polar surface area (TPSA) is 95.6 Å². The zero-order valence-corrected chi connectivity index (χ0v) is 17.9. The van der Waals surface area contributed by atoms with Crippen LogP contribution in [0.1, 0.15) is 45.1 Å². The summed E-state index contributed by atoms with van der Waals surface area (Å²) in [5.41, 5.74) is 1.50. The summed E-state index contributed by atoms with van der Waals surface area (Å²) in [5.74, 6) is 0.319. The van der Waals surface area contributed by atoms with Gasteiger partial charge >= 0.3 is 6.09 Å². The van der Waals surface area contributed by atoms with E-state index >= 15 is 0 Å². The first-order valence-electron chi connectivity index (χ1n) is 10.0. The smallest absolute Gasteiger partial charge is 0.410 e. The molecule has 2 aromatic rings. The lowest BCUT2D eigenvalue weighted by Gasteiger charge is -2.42. The Hall–Kier alpha value is -2.13. The van der Waals surface area contributed by atoms with Crippen LogP contribution in [0.25, 0.3) is 11.0 Å². The largest absolute Gasteiger partial charge is 0.444 e. The van der Waals surface area contributed by atoms with Crippen molar-refractivity contribution in [1.29, 1.82) is 0 Å². The lowest BCUT2D eigenvalue weighted by atomic mass is 9.90. The number of rotatable bonds is 3. The van der Waals surface area contributed by atoms with Gasteiger partial charge in [-0.2, -0.15) is 0 Å². The molecule has 0 atom stereocenters. The van der Waals surface area contributed by atoms with Crippen molar-refractivity contribution in [2.24, 2.45) is 0 Å². The number of sulfonamides is 1. The van der Waals surface area contributed by atoms with Gasteiger partial charge in [-0.15, -0.1) is 0 Å². The Kier molecular flexibility index (Phi) is 5.06. The maximum Gasteiger partial charge on any atom is 0.410 e. The van der Waals surface area contributed by atoms with E-state index in [1.54, 1.807) is 31.3 Å². The van der Waals surface area contributed by atoms with Gasteiger partial charge in [-0.3, -0.25) is 0 Å². The molecule has 0 bridgehead atoms. The molecule has 4 heterocycles. The molecule has 0 aromatic carbocycles. The molecule has 2 fully saturated rings. The molecule has 0 spiro atoms. The maximum atomic E-state index is 13.0. The van der Waals surface area contributed by atoms with Crippen LogP contribution in [-0.4, -0.2) is 70.7 Å². The number of piperidine rings is 1. The molecular formula is C20H28N4O4S. The van der Waals surface area contributed by atoms with E-state index < -0.39 is 27.0 Å². The van der Waals surface area contributed by atoms with Crippen LogP contribution in [0.4, 0.5) is 4.79 Å². The minimum absolute atomic E-state index is 0.200. The van der Waals surface area contributed by atoms with E-state index in [2.05, 4.69) is 16.0 Å². The molecule has 2 aliphatic heterocycles.